The second-order valence-electron chi connectivity index (χ2n) is 2.32. The summed E-state index contributed by atoms with van der Waals surface area (Å²) in [6.45, 7) is 4.00. The first-order chi connectivity index (χ1) is 5.24. The maximum absolute atomic E-state index is 4.24. The summed E-state index contributed by atoms with van der Waals surface area (Å²) >= 11 is 2.29. The highest BCUT2D eigenvalue weighted by atomic mass is 127. The van der Waals surface area contributed by atoms with Crippen LogP contribution in [0.15, 0.2) is 23.2 Å². The van der Waals surface area contributed by atoms with Gasteiger partial charge in [0.1, 0.15) is 0 Å². The van der Waals surface area contributed by atoms with E-state index in [0.717, 1.165) is 5.69 Å². The van der Waals surface area contributed by atoms with Crippen molar-refractivity contribution in [2.24, 2.45) is 4.99 Å². The summed E-state index contributed by atoms with van der Waals surface area (Å²) < 4.78 is 1.23. The van der Waals surface area contributed by atoms with Gasteiger partial charge in [-0.1, -0.05) is 6.07 Å². The van der Waals surface area contributed by atoms with Crippen LogP contribution in [0.2, 0.25) is 0 Å². The summed E-state index contributed by atoms with van der Waals surface area (Å²) in [6, 6.07) is 6.25. The average Bonchev–Trinajstić information content (AvgIpc) is 1.98. The van der Waals surface area contributed by atoms with Crippen LogP contribution < -0.4 is 0 Å². The average molecular weight is 259 g/mol. The van der Waals surface area contributed by atoms with E-state index in [1.165, 1.54) is 9.13 Å². The second-order valence-corrected chi connectivity index (χ2v) is 3.56. The summed E-state index contributed by atoms with van der Waals surface area (Å²) in [5, 5.41) is 0. The van der Waals surface area contributed by atoms with E-state index in [2.05, 4.69) is 52.7 Å². The minimum atomic E-state index is 1.07. The van der Waals surface area contributed by atoms with Gasteiger partial charge in [0.15, 0.2) is 0 Å². The first-order valence-electron chi connectivity index (χ1n) is 3.49. The Balaban J connectivity index is 3.12. The van der Waals surface area contributed by atoms with Gasteiger partial charge in [-0.05, 0) is 54.1 Å². The van der Waals surface area contributed by atoms with E-state index >= 15 is 0 Å². The van der Waals surface area contributed by atoms with Gasteiger partial charge in [-0.2, -0.15) is 0 Å². The molecule has 0 heterocycles. The molecule has 0 aliphatic carbocycles. The lowest BCUT2D eigenvalue weighted by molar-refractivity contribution is 1.39. The van der Waals surface area contributed by atoms with Gasteiger partial charge in [-0.15, -0.1) is 0 Å². The highest BCUT2D eigenvalue weighted by Crippen LogP contribution is 2.20. The second kappa shape index (κ2) is 3.85. The number of halogens is 1. The van der Waals surface area contributed by atoms with Crippen molar-refractivity contribution in [1.29, 1.82) is 0 Å². The molecule has 11 heavy (non-hydrogen) atoms. The predicted molar refractivity (Wildman–Crippen MR) is 57.7 cm³/mol. The first-order valence-corrected chi connectivity index (χ1v) is 4.56. The maximum Gasteiger partial charge on any atom is 0.0665 e. The van der Waals surface area contributed by atoms with Crippen molar-refractivity contribution in [3.8, 4) is 0 Å². The molecule has 1 aromatic rings. The highest BCUT2D eigenvalue weighted by Gasteiger charge is 1.94. The third kappa shape index (κ3) is 2.29. The molecular formula is C9H10IN. The van der Waals surface area contributed by atoms with Crippen molar-refractivity contribution in [3.05, 3.63) is 27.3 Å². The minimum Gasteiger partial charge on any atom is -0.261 e. The largest absolute Gasteiger partial charge is 0.261 e. The summed E-state index contributed by atoms with van der Waals surface area (Å²) in [5.41, 5.74) is 2.29. The number of hydrogen-bond donors (Lipinski definition) is 0. The Kier molecular flexibility index (Phi) is 3.05. The van der Waals surface area contributed by atoms with Crippen molar-refractivity contribution in [3.63, 3.8) is 0 Å². The molecule has 0 atom stereocenters. The van der Waals surface area contributed by atoms with Crippen LogP contribution >= 0.6 is 22.6 Å². The molecule has 0 aromatic heterocycles. The minimum absolute atomic E-state index is 1.07. The van der Waals surface area contributed by atoms with Crippen LogP contribution in [-0.4, -0.2) is 6.21 Å². The Morgan fingerprint density at radius 1 is 1.45 bits per heavy atom. The van der Waals surface area contributed by atoms with Crippen molar-refractivity contribution in [2.45, 2.75) is 13.8 Å². The number of aliphatic imine (C=N–C) groups is 1. The van der Waals surface area contributed by atoms with E-state index in [4.69, 9.17) is 0 Å². The number of aryl methyl sites for hydroxylation is 1. The molecule has 2 heteroatoms. The monoisotopic (exact) mass is 259 g/mol. The fourth-order valence-electron chi connectivity index (χ4n) is 0.861. The molecule has 0 aliphatic heterocycles. The van der Waals surface area contributed by atoms with Crippen molar-refractivity contribution in [1.82, 2.24) is 0 Å². The molecule has 0 saturated carbocycles. The van der Waals surface area contributed by atoms with Gasteiger partial charge in [0.2, 0.25) is 0 Å². The molecule has 0 bridgehead atoms. The van der Waals surface area contributed by atoms with Gasteiger partial charge in [0, 0.05) is 9.78 Å². The summed E-state index contributed by atoms with van der Waals surface area (Å²) in [7, 11) is 0. The van der Waals surface area contributed by atoms with E-state index in [1.807, 2.05) is 13.1 Å². The van der Waals surface area contributed by atoms with E-state index in [1.54, 1.807) is 0 Å². The third-order valence-electron chi connectivity index (χ3n) is 1.44. The van der Waals surface area contributed by atoms with Crippen molar-refractivity contribution < 1.29 is 0 Å². The lowest BCUT2D eigenvalue weighted by atomic mass is 10.2. The predicted octanol–water partition coefficient (Wildman–Crippen LogP) is 3.32. The smallest absolute Gasteiger partial charge is 0.0665 e. The summed E-state index contributed by atoms with van der Waals surface area (Å²) in [5.74, 6) is 0. The SMILES string of the molecule is CC=Nc1cc(I)ccc1C. The Morgan fingerprint density at radius 2 is 2.18 bits per heavy atom. The molecule has 0 N–H and O–H groups in total. The quantitative estimate of drug-likeness (QED) is 0.542. The Bertz CT molecular complexity index is 279. The first kappa shape index (κ1) is 8.71. The van der Waals surface area contributed by atoms with E-state index < -0.39 is 0 Å². The zero-order valence-electron chi connectivity index (χ0n) is 6.63. The van der Waals surface area contributed by atoms with E-state index in [9.17, 15) is 0 Å². The molecule has 0 amide bonds. The topological polar surface area (TPSA) is 12.4 Å². The summed E-state index contributed by atoms with van der Waals surface area (Å²) in [6.07, 6.45) is 1.82. The van der Waals surface area contributed by atoms with Crippen molar-refractivity contribution in [2.75, 3.05) is 0 Å². The molecule has 1 rings (SSSR count). The van der Waals surface area contributed by atoms with Crippen LogP contribution in [0.4, 0.5) is 5.69 Å². The Labute approximate surface area is 80.7 Å². The number of benzene rings is 1. The molecule has 0 saturated heterocycles. The molecule has 58 valence electrons. The number of rotatable bonds is 1. The summed E-state index contributed by atoms with van der Waals surface area (Å²) in [4.78, 5) is 4.24. The lowest BCUT2D eigenvalue weighted by Crippen LogP contribution is -1.76. The highest BCUT2D eigenvalue weighted by molar-refractivity contribution is 14.1. The van der Waals surface area contributed by atoms with E-state index in [0.29, 0.717) is 0 Å². The molecule has 0 fully saturated rings. The van der Waals surface area contributed by atoms with Crippen LogP contribution in [0, 0.1) is 10.5 Å². The van der Waals surface area contributed by atoms with Gasteiger partial charge in [-0.3, -0.25) is 4.99 Å². The lowest BCUT2D eigenvalue weighted by Gasteiger charge is -1.98. The fourth-order valence-corrected chi connectivity index (χ4v) is 1.34. The molecule has 0 spiro atoms. The molecule has 1 nitrogen and oxygen atoms in total. The maximum atomic E-state index is 4.24. The van der Waals surface area contributed by atoms with Gasteiger partial charge < -0.3 is 0 Å². The molecule has 1 aromatic carbocycles. The zero-order chi connectivity index (χ0) is 8.27. The molecular weight excluding hydrogens is 249 g/mol. The zero-order valence-corrected chi connectivity index (χ0v) is 8.79. The normalized spacial score (nSPS) is 10.8. The Hall–Kier alpha value is -0.380. The standard InChI is InChI=1S/C9H10IN/c1-3-11-9-6-8(10)5-4-7(9)2/h3-6H,1-2H3. The molecule has 0 unspecified atom stereocenters. The van der Waals surface area contributed by atoms with Gasteiger partial charge in [-0.25, -0.2) is 0 Å². The molecule has 0 radical (unpaired) electrons. The van der Waals surface area contributed by atoms with Crippen LogP contribution in [0.3, 0.4) is 0 Å². The van der Waals surface area contributed by atoms with Crippen LogP contribution in [0.1, 0.15) is 12.5 Å². The number of hydrogen-bond acceptors (Lipinski definition) is 1. The molecule has 0 aliphatic rings. The van der Waals surface area contributed by atoms with Crippen LogP contribution in [0.5, 0.6) is 0 Å². The fraction of sp³-hybridized carbons (Fsp3) is 0.222. The Morgan fingerprint density at radius 3 is 2.82 bits per heavy atom. The van der Waals surface area contributed by atoms with Crippen molar-refractivity contribution >= 4 is 34.5 Å². The van der Waals surface area contributed by atoms with Gasteiger partial charge >= 0.3 is 0 Å². The van der Waals surface area contributed by atoms with Gasteiger partial charge in [0.05, 0.1) is 5.69 Å². The third-order valence-corrected chi connectivity index (χ3v) is 2.11. The van der Waals surface area contributed by atoms with Gasteiger partial charge in [0.25, 0.3) is 0 Å². The van der Waals surface area contributed by atoms with E-state index in [-0.39, 0.29) is 0 Å². The van der Waals surface area contributed by atoms with Crippen LogP contribution in [0.25, 0.3) is 0 Å². The van der Waals surface area contributed by atoms with Crippen LogP contribution in [-0.2, 0) is 0 Å². The number of nitrogens with zero attached hydrogens (tertiary/aromatic N) is 1.